The summed E-state index contributed by atoms with van der Waals surface area (Å²) in [7, 11) is 1.54. The van der Waals surface area contributed by atoms with Gasteiger partial charge in [-0.2, -0.15) is 0 Å². The summed E-state index contributed by atoms with van der Waals surface area (Å²) in [6.45, 7) is 4.29. The van der Waals surface area contributed by atoms with Crippen LogP contribution in [0.1, 0.15) is 30.6 Å². The van der Waals surface area contributed by atoms with Crippen molar-refractivity contribution in [3.05, 3.63) is 29.8 Å². The smallest absolute Gasteiger partial charge is 0.308 e. The molecule has 0 aliphatic carbocycles. The highest BCUT2D eigenvalue weighted by Gasteiger charge is 2.35. The maximum absolute atomic E-state index is 12.7. The molecule has 1 fully saturated rings. The summed E-state index contributed by atoms with van der Waals surface area (Å²) in [4.78, 5) is 37.8. The van der Waals surface area contributed by atoms with Crippen LogP contribution in [-0.4, -0.2) is 54.0 Å². The number of carbonyl (C=O) groups is 3. The van der Waals surface area contributed by atoms with Crippen LogP contribution in [0.25, 0.3) is 0 Å². The molecule has 1 heterocycles. The number of methoxy groups -OCH3 is 1. The number of carbonyl (C=O) groups excluding carboxylic acids is 2. The van der Waals surface area contributed by atoms with E-state index in [0.29, 0.717) is 24.3 Å². The minimum atomic E-state index is -0.890. The van der Waals surface area contributed by atoms with E-state index in [9.17, 15) is 14.4 Å². The molecule has 1 aromatic rings. The lowest BCUT2D eigenvalue weighted by Gasteiger charge is -2.27. The Bertz CT molecular complexity index is 641. The third kappa shape index (κ3) is 4.49. The van der Waals surface area contributed by atoms with Gasteiger partial charge >= 0.3 is 5.97 Å². The average molecular weight is 348 g/mol. The number of hydrogen-bond donors (Lipinski definition) is 2. The van der Waals surface area contributed by atoms with Gasteiger partial charge in [0.05, 0.1) is 13.0 Å². The number of amides is 2. The van der Waals surface area contributed by atoms with Crippen molar-refractivity contribution in [3.8, 4) is 5.75 Å². The summed E-state index contributed by atoms with van der Waals surface area (Å²) in [5.41, 5.74) is 0.434. The van der Waals surface area contributed by atoms with Crippen LogP contribution < -0.4 is 10.1 Å². The van der Waals surface area contributed by atoms with Crippen molar-refractivity contribution in [3.63, 3.8) is 0 Å². The number of carboxylic acid groups (broad SMARTS) is 1. The van der Waals surface area contributed by atoms with Gasteiger partial charge in [-0.25, -0.2) is 0 Å². The highest BCUT2D eigenvalue weighted by Crippen LogP contribution is 2.19. The Morgan fingerprint density at radius 1 is 1.24 bits per heavy atom. The zero-order valence-corrected chi connectivity index (χ0v) is 14.7. The fourth-order valence-corrected chi connectivity index (χ4v) is 2.84. The number of rotatable bonds is 6. The lowest BCUT2D eigenvalue weighted by Crippen LogP contribution is -2.50. The van der Waals surface area contributed by atoms with E-state index in [4.69, 9.17) is 9.84 Å². The monoisotopic (exact) mass is 348 g/mol. The van der Waals surface area contributed by atoms with E-state index in [0.717, 1.165) is 0 Å². The lowest BCUT2D eigenvalue weighted by atomic mass is 10.0. The number of aliphatic carboxylic acids is 1. The molecule has 0 spiro atoms. The van der Waals surface area contributed by atoms with Crippen LogP contribution in [0.5, 0.6) is 5.75 Å². The van der Waals surface area contributed by atoms with Gasteiger partial charge < -0.3 is 20.1 Å². The fourth-order valence-electron chi connectivity index (χ4n) is 2.84. The summed E-state index contributed by atoms with van der Waals surface area (Å²) >= 11 is 0. The first-order valence-corrected chi connectivity index (χ1v) is 8.30. The number of hydrogen-bond acceptors (Lipinski definition) is 4. The zero-order chi connectivity index (χ0) is 18.6. The molecule has 2 N–H and O–H groups in total. The lowest BCUT2D eigenvalue weighted by molar-refractivity contribution is -0.141. The summed E-state index contributed by atoms with van der Waals surface area (Å²) < 4.78 is 5.06. The Morgan fingerprint density at radius 2 is 1.88 bits per heavy atom. The largest absolute Gasteiger partial charge is 0.497 e. The van der Waals surface area contributed by atoms with E-state index < -0.39 is 17.9 Å². The van der Waals surface area contributed by atoms with Crippen molar-refractivity contribution in [2.45, 2.75) is 26.3 Å². The number of likely N-dealkylation sites (tertiary alicyclic amines) is 1. The molecule has 0 saturated carbocycles. The fraction of sp³-hybridized carbons (Fsp3) is 0.500. The van der Waals surface area contributed by atoms with Gasteiger partial charge in [0.15, 0.2) is 0 Å². The van der Waals surface area contributed by atoms with Crippen molar-refractivity contribution >= 4 is 17.8 Å². The number of ether oxygens (including phenoxy) is 1. The molecule has 7 heteroatoms. The Labute approximate surface area is 147 Å². The zero-order valence-electron chi connectivity index (χ0n) is 14.7. The topological polar surface area (TPSA) is 95.9 Å². The van der Waals surface area contributed by atoms with E-state index in [-0.39, 0.29) is 24.3 Å². The molecular formula is C18H24N2O5. The summed E-state index contributed by atoms with van der Waals surface area (Å²) in [5, 5.41) is 11.9. The van der Waals surface area contributed by atoms with Crippen LogP contribution in [0.2, 0.25) is 0 Å². The molecule has 25 heavy (non-hydrogen) atoms. The van der Waals surface area contributed by atoms with Crippen LogP contribution in [0, 0.1) is 11.8 Å². The van der Waals surface area contributed by atoms with E-state index in [1.165, 1.54) is 4.90 Å². The molecule has 2 unspecified atom stereocenters. The van der Waals surface area contributed by atoms with Gasteiger partial charge in [0.2, 0.25) is 5.91 Å². The number of carboxylic acids is 1. The first-order chi connectivity index (χ1) is 11.8. The van der Waals surface area contributed by atoms with E-state index in [1.807, 2.05) is 13.8 Å². The van der Waals surface area contributed by atoms with E-state index >= 15 is 0 Å². The van der Waals surface area contributed by atoms with Gasteiger partial charge in [-0.3, -0.25) is 14.4 Å². The third-order valence-electron chi connectivity index (χ3n) is 4.42. The summed E-state index contributed by atoms with van der Waals surface area (Å²) in [5.74, 6) is -1.47. The number of nitrogens with zero attached hydrogens (tertiary/aromatic N) is 1. The van der Waals surface area contributed by atoms with E-state index in [1.54, 1.807) is 31.4 Å². The van der Waals surface area contributed by atoms with Gasteiger partial charge in [0, 0.05) is 18.7 Å². The molecule has 0 radical (unpaired) electrons. The summed E-state index contributed by atoms with van der Waals surface area (Å²) in [6, 6.07) is 5.93. The molecule has 0 aromatic heterocycles. The Kier molecular flexibility index (Phi) is 6.01. The minimum absolute atomic E-state index is 0.112. The Hall–Kier alpha value is -2.57. The van der Waals surface area contributed by atoms with Crippen molar-refractivity contribution < 1.29 is 24.2 Å². The SMILES string of the molecule is COc1ccc(C(=O)NC(C(=O)N2CCC(C(=O)O)C2)C(C)C)cc1. The molecule has 7 nitrogen and oxygen atoms in total. The average Bonchev–Trinajstić information content (AvgIpc) is 3.09. The second kappa shape index (κ2) is 8.00. The molecule has 1 aromatic carbocycles. The molecule has 2 atom stereocenters. The van der Waals surface area contributed by atoms with Gasteiger partial charge in [0.1, 0.15) is 11.8 Å². The van der Waals surface area contributed by atoms with Gasteiger partial charge in [-0.05, 0) is 36.6 Å². The van der Waals surface area contributed by atoms with Crippen molar-refractivity contribution in [1.29, 1.82) is 0 Å². The predicted molar refractivity (Wildman–Crippen MR) is 91.4 cm³/mol. The second-order valence-corrected chi connectivity index (χ2v) is 6.53. The Balaban J connectivity index is 2.05. The molecule has 136 valence electrons. The van der Waals surface area contributed by atoms with Crippen molar-refractivity contribution in [2.75, 3.05) is 20.2 Å². The molecule has 1 aliphatic heterocycles. The summed E-state index contributed by atoms with van der Waals surface area (Å²) in [6.07, 6.45) is 0.443. The highest BCUT2D eigenvalue weighted by atomic mass is 16.5. The van der Waals surface area contributed by atoms with E-state index in [2.05, 4.69) is 5.32 Å². The van der Waals surface area contributed by atoms with Crippen LogP contribution in [0.3, 0.4) is 0 Å². The van der Waals surface area contributed by atoms with Gasteiger partial charge in [-0.15, -0.1) is 0 Å². The molecular weight excluding hydrogens is 324 g/mol. The number of nitrogens with one attached hydrogen (secondary N) is 1. The molecule has 2 rings (SSSR count). The molecule has 0 bridgehead atoms. The van der Waals surface area contributed by atoms with Gasteiger partial charge in [-0.1, -0.05) is 13.8 Å². The van der Waals surface area contributed by atoms with Gasteiger partial charge in [0.25, 0.3) is 5.91 Å². The first-order valence-electron chi connectivity index (χ1n) is 8.30. The highest BCUT2D eigenvalue weighted by molar-refractivity contribution is 5.97. The maximum Gasteiger partial charge on any atom is 0.308 e. The number of benzene rings is 1. The van der Waals surface area contributed by atoms with Crippen LogP contribution in [0.4, 0.5) is 0 Å². The molecule has 1 saturated heterocycles. The quantitative estimate of drug-likeness (QED) is 0.810. The van der Waals surface area contributed by atoms with Crippen LogP contribution in [-0.2, 0) is 9.59 Å². The van der Waals surface area contributed by atoms with Crippen molar-refractivity contribution in [2.24, 2.45) is 11.8 Å². The third-order valence-corrected chi connectivity index (χ3v) is 4.42. The minimum Gasteiger partial charge on any atom is -0.497 e. The first kappa shape index (κ1) is 18.8. The Morgan fingerprint density at radius 3 is 2.36 bits per heavy atom. The normalized spacial score (nSPS) is 18.1. The maximum atomic E-state index is 12.7. The van der Waals surface area contributed by atoms with Crippen molar-refractivity contribution in [1.82, 2.24) is 10.2 Å². The predicted octanol–water partition coefficient (Wildman–Crippen LogP) is 1.38. The van der Waals surface area contributed by atoms with Crippen LogP contribution >= 0.6 is 0 Å². The second-order valence-electron chi connectivity index (χ2n) is 6.53. The molecule has 2 amide bonds. The van der Waals surface area contributed by atoms with Crippen LogP contribution in [0.15, 0.2) is 24.3 Å². The standard InChI is InChI=1S/C18H24N2O5/c1-11(2)15(17(22)20-9-8-13(10-20)18(23)24)19-16(21)12-4-6-14(25-3)7-5-12/h4-7,11,13,15H,8-10H2,1-3H3,(H,19,21)(H,23,24). The molecule has 1 aliphatic rings.